The number of ether oxygens (including phenoxy) is 3. The van der Waals surface area contributed by atoms with Crippen molar-refractivity contribution in [2.45, 2.75) is 111 Å². The minimum atomic E-state index is -4.47. The maximum absolute atomic E-state index is 13.2. The topological polar surface area (TPSA) is 122 Å². The molecular weight excluding hydrogens is 655 g/mol. The number of carbonyl (C=O) groups is 3. The van der Waals surface area contributed by atoms with Gasteiger partial charge < -0.3 is 29.3 Å². The van der Waals surface area contributed by atoms with Crippen LogP contribution in [0.1, 0.15) is 84.7 Å². The summed E-state index contributed by atoms with van der Waals surface area (Å²) in [6.45, 7) is 19.0. The number of hydrogen-bond acceptors (Lipinski definition) is 8. The predicted octanol–water partition coefficient (Wildman–Crippen LogP) is 7.56. The number of aromatic nitrogens is 1. The Kier molecular flexibility index (Phi) is 12.8. The van der Waals surface area contributed by atoms with E-state index in [0.29, 0.717) is 43.1 Å². The normalized spacial score (nSPS) is 16.9. The van der Waals surface area contributed by atoms with E-state index < -0.39 is 46.8 Å². The van der Waals surface area contributed by atoms with Crippen LogP contribution >= 0.6 is 0 Å². The number of aryl methyl sites for hydroxylation is 1. The summed E-state index contributed by atoms with van der Waals surface area (Å²) in [5.41, 5.74) is -0.831. The molecule has 3 rings (SSSR count). The molecule has 11 nitrogen and oxygen atoms in total. The number of carbonyl (C=O) groups excluding carboxylic acids is 3. The first-order valence-corrected chi connectivity index (χ1v) is 16.7. The molecule has 2 N–H and O–H groups in total. The molecular formula is C36H52F3N5O6. The number of likely N-dealkylation sites (tertiary alicyclic amines) is 1. The Hall–Kier alpha value is -4.07. The van der Waals surface area contributed by atoms with E-state index in [-0.39, 0.29) is 25.0 Å². The van der Waals surface area contributed by atoms with E-state index in [1.165, 1.54) is 17.0 Å². The first-order chi connectivity index (χ1) is 22.9. The Balaban J connectivity index is 1.79. The Labute approximate surface area is 293 Å². The number of benzene rings is 1. The van der Waals surface area contributed by atoms with Gasteiger partial charge in [-0.15, -0.1) is 0 Å². The Morgan fingerprint density at radius 2 is 1.48 bits per heavy atom. The number of pyridine rings is 1. The highest BCUT2D eigenvalue weighted by Gasteiger charge is 2.37. The summed E-state index contributed by atoms with van der Waals surface area (Å²) in [5, 5.41) is 6.18. The molecule has 1 fully saturated rings. The minimum Gasteiger partial charge on any atom is -0.444 e. The second kappa shape index (κ2) is 15.9. The molecule has 0 aliphatic carbocycles. The SMILES string of the molecule is Cc1cc(C[C@H]2CN(C(=O)OC(C)(C)C)C[C@H]2NCCN(Cc2ccc(C(F)(F)F)cc2)C(=O)OC(C)(C)C)nc(NC(=O)OC(C)(C)C)c1. The molecule has 1 saturated heterocycles. The molecule has 1 aliphatic rings. The fraction of sp³-hybridized carbons (Fsp3) is 0.611. The van der Waals surface area contributed by atoms with Gasteiger partial charge in [0.05, 0.1) is 5.56 Å². The van der Waals surface area contributed by atoms with Crippen molar-refractivity contribution in [3.05, 3.63) is 58.8 Å². The highest BCUT2D eigenvalue weighted by atomic mass is 19.4. The average Bonchev–Trinajstić information content (AvgIpc) is 3.31. The number of nitrogens with zero attached hydrogens (tertiary/aromatic N) is 3. The summed E-state index contributed by atoms with van der Waals surface area (Å²) in [7, 11) is 0. The van der Waals surface area contributed by atoms with Gasteiger partial charge >= 0.3 is 24.5 Å². The molecule has 0 spiro atoms. The molecule has 3 amide bonds. The molecule has 50 heavy (non-hydrogen) atoms. The number of alkyl halides is 3. The van der Waals surface area contributed by atoms with Crippen LogP contribution in [-0.4, -0.2) is 82.1 Å². The highest BCUT2D eigenvalue weighted by molar-refractivity contribution is 5.83. The van der Waals surface area contributed by atoms with Gasteiger partial charge in [0, 0.05) is 44.5 Å². The molecule has 0 saturated carbocycles. The third kappa shape index (κ3) is 13.7. The van der Waals surface area contributed by atoms with Gasteiger partial charge in [-0.05, 0) is 117 Å². The second-order valence-electron chi connectivity index (χ2n) is 15.7. The van der Waals surface area contributed by atoms with Crippen LogP contribution < -0.4 is 10.6 Å². The van der Waals surface area contributed by atoms with Gasteiger partial charge in [0.15, 0.2) is 0 Å². The number of halogens is 3. The number of nitrogens with one attached hydrogen (secondary N) is 2. The van der Waals surface area contributed by atoms with Crippen LogP contribution in [0.25, 0.3) is 0 Å². The second-order valence-corrected chi connectivity index (χ2v) is 15.7. The summed E-state index contributed by atoms with van der Waals surface area (Å²) >= 11 is 0. The van der Waals surface area contributed by atoms with Gasteiger partial charge in [0.2, 0.25) is 0 Å². The summed E-state index contributed by atoms with van der Waals surface area (Å²) in [4.78, 5) is 46.4. The zero-order valence-corrected chi connectivity index (χ0v) is 30.8. The Bertz CT molecular complexity index is 1480. The molecule has 0 radical (unpaired) electrons. The quantitative estimate of drug-likeness (QED) is 0.256. The molecule has 1 aliphatic heterocycles. The maximum atomic E-state index is 13.2. The average molecular weight is 708 g/mol. The van der Waals surface area contributed by atoms with Gasteiger partial charge in [-0.3, -0.25) is 5.32 Å². The van der Waals surface area contributed by atoms with Gasteiger partial charge in [-0.2, -0.15) is 13.2 Å². The fourth-order valence-electron chi connectivity index (χ4n) is 5.34. The molecule has 278 valence electrons. The summed E-state index contributed by atoms with van der Waals surface area (Å²) in [6, 6.07) is 8.11. The van der Waals surface area contributed by atoms with Crippen molar-refractivity contribution in [1.29, 1.82) is 0 Å². The smallest absolute Gasteiger partial charge is 0.416 e. The van der Waals surface area contributed by atoms with Crippen LogP contribution in [0.4, 0.5) is 33.4 Å². The molecule has 2 atom stereocenters. The van der Waals surface area contributed by atoms with Gasteiger partial charge in [-0.25, -0.2) is 19.4 Å². The van der Waals surface area contributed by atoms with Crippen LogP contribution in [0.2, 0.25) is 0 Å². The third-order valence-electron chi connectivity index (χ3n) is 7.31. The predicted molar refractivity (Wildman–Crippen MR) is 184 cm³/mol. The standard InChI is InChI=1S/C36H52F3N5O6/c1-23-17-27(41-29(18-23)42-30(45)48-33(2,3)4)19-25-21-44(32(47)50-35(8,9)10)22-28(25)40-15-16-43(31(46)49-34(5,6)7)20-24-11-13-26(14-12-24)36(37,38)39/h11-14,17-18,25,28,40H,15-16,19-22H2,1-10H3,(H,41,42,45)/t25-,28+/m0/s1. The van der Waals surface area contributed by atoms with Crippen molar-refractivity contribution in [2.75, 3.05) is 31.5 Å². The lowest BCUT2D eigenvalue weighted by atomic mass is 9.97. The largest absolute Gasteiger partial charge is 0.444 e. The number of hydrogen-bond donors (Lipinski definition) is 2. The molecule has 2 aromatic rings. The van der Waals surface area contributed by atoms with E-state index in [1.807, 2.05) is 13.0 Å². The van der Waals surface area contributed by atoms with Crippen LogP contribution in [-0.2, 0) is 33.4 Å². The zero-order valence-electron chi connectivity index (χ0n) is 30.8. The Morgan fingerprint density at radius 1 is 0.880 bits per heavy atom. The lowest BCUT2D eigenvalue weighted by Gasteiger charge is -2.28. The highest BCUT2D eigenvalue weighted by Crippen LogP contribution is 2.29. The first kappa shape index (κ1) is 40.4. The van der Waals surface area contributed by atoms with Crippen LogP contribution in [0.5, 0.6) is 0 Å². The van der Waals surface area contributed by atoms with Crippen LogP contribution in [0.3, 0.4) is 0 Å². The van der Waals surface area contributed by atoms with Crippen LogP contribution in [0.15, 0.2) is 36.4 Å². The third-order valence-corrected chi connectivity index (χ3v) is 7.31. The van der Waals surface area contributed by atoms with E-state index in [4.69, 9.17) is 14.2 Å². The van der Waals surface area contributed by atoms with Gasteiger partial charge in [0.25, 0.3) is 0 Å². The number of anilines is 1. The monoisotopic (exact) mass is 707 g/mol. The molecule has 1 aromatic carbocycles. The summed E-state index contributed by atoms with van der Waals surface area (Å²) < 4.78 is 56.0. The number of rotatable bonds is 9. The Morgan fingerprint density at radius 3 is 2.04 bits per heavy atom. The van der Waals surface area contributed by atoms with E-state index in [9.17, 15) is 27.6 Å². The van der Waals surface area contributed by atoms with Crippen LogP contribution in [0, 0.1) is 12.8 Å². The van der Waals surface area contributed by atoms with E-state index >= 15 is 0 Å². The molecule has 0 unspecified atom stereocenters. The molecule has 1 aromatic heterocycles. The molecule has 0 bridgehead atoms. The van der Waals surface area contributed by atoms with E-state index in [2.05, 4.69) is 15.6 Å². The maximum Gasteiger partial charge on any atom is 0.416 e. The number of amides is 3. The minimum absolute atomic E-state index is 0.0352. The van der Waals surface area contributed by atoms with Crippen molar-refractivity contribution < 1.29 is 41.8 Å². The van der Waals surface area contributed by atoms with Crippen molar-refractivity contribution in [3.8, 4) is 0 Å². The molecule has 14 heteroatoms. The van der Waals surface area contributed by atoms with E-state index in [0.717, 1.165) is 17.7 Å². The summed E-state index contributed by atoms with van der Waals surface area (Å²) in [6.07, 6.45) is -5.68. The fourth-order valence-corrected chi connectivity index (χ4v) is 5.34. The lowest BCUT2D eigenvalue weighted by Crippen LogP contribution is -2.44. The van der Waals surface area contributed by atoms with Crippen molar-refractivity contribution in [2.24, 2.45) is 5.92 Å². The van der Waals surface area contributed by atoms with E-state index in [1.54, 1.807) is 73.3 Å². The molecule has 2 heterocycles. The van der Waals surface area contributed by atoms with Crippen molar-refractivity contribution in [1.82, 2.24) is 20.1 Å². The van der Waals surface area contributed by atoms with Gasteiger partial charge in [0.1, 0.15) is 22.6 Å². The lowest BCUT2D eigenvalue weighted by molar-refractivity contribution is -0.137. The van der Waals surface area contributed by atoms with Crippen molar-refractivity contribution in [3.63, 3.8) is 0 Å². The van der Waals surface area contributed by atoms with Crippen molar-refractivity contribution >= 4 is 24.1 Å². The first-order valence-electron chi connectivity index (χ1n) is 16.7. The van der Waals surface area contributed by atoms with Gasteiger partial charge in [-0.1, -0.05) is 12.1 Å². The zero-order chi connectivity index (χ0) is 37.7. The summed E-state index contributed by atoms with van der Waals surface area (Å²) in [5.74, 6) is 0.230.